The molecule has 144 valence electrons. The van der Waals surface area contributed by atoms with Crippen LogP contribution < -0.4 is 5.32 Å². The van der Waals surface area contributed by atoms with Crippen molar-refractivity contribution in [3.8, 4) is 5.69 Å². The quantitative estimate of drug-likeness (QED) is 0.859. The Morgan fingerprint density at radius 3 is 2.74 bits per heavy atom. The summed E-state index contributed by atoms with van der Waals surface area (Å²) in [5, 5.41) is 7.84. The smallest absolute Gasteiger partial charge is 0.225 e. The molecule has 1 aliphatic heterocycles. The van der Waals surface area contributed by atoms with Crippen molar-refractivity contribution >= 4 is 22.5 Å². The molecule has 0 unspecified atom stereocenters. The van der Waals surface area contributed by atoms with Crippen LogP contribution in [-0.2, 0) is 27.1 Å². The summed E-state index contributed by atoms with van der Waals surface area (Å²) in [4.78, 5) is 12.8. The molecule has 1 aromatic heterocycles. The van der Waals surface area contributed by atoms with Crippen LogP contribution in [0.3, 0.4) is 0 Å². The predicted molar refractivity (Wildman–Crippen MR) is 108 cm³/mol. The second-order valence-corrected chi connectivity index (χ2v) is 9.42. The van der Waals surface area contributed by atoms with Gasteiger partial charge in [0.25, 0.3) is 0 Å². The van der Waals surface area contributed by atoms with Crippen LogP contribution in [0, 0.1) is 19.8 Å². The maximum absolute atomic E-state index is 12.8. The van der Waals surface area contributed by atoms with Crippen LogP contribution >= 0.6 is 0 Å². The second kappa shape index (κ2) is 7.58. The number of carbonyl (C=O) groups excluding carboxylic acids is 1. The maximum atomic E-state index is 12.8. The fourth-order valence-electron chi connectivity index (χ4n) is 4.31. The number of aryl methyl sites for hydroxylation is 2. The third kappa shape index (κ3) is 3.86. The Morgan fingerprint density at radius 1 is 1.22 bits per heavy atom. The molecule has 1 aromatic carbocycles. The van der Waals surface area contributed by atoms with Crippen LogP contribution in [-0.4, -0.2) is 19.9 Å². The highest BCUT2D eigenvalue weighted by Gasteiger charge is 2.29. The first-order valence-electron chi connectivity index (χ1n) is 9.84. The van der Waals surface area contributed by atoms with E-state index in [-0.39, 0.29) is 5.91 Å². The Balaban J connectivity index is 1.64. The number of rotatable bonds is 4. The Bertz CT molecular complexity index is 897. The molecule has 2 aromatic rings. The van der Waals surface area contributed by atoms with E-state index in [9.17, 15) is 9.00 Å². The summed E-state index contributed by atoms with van der Waals surface area (Å²) in [7, 11) is -0.920. The molecule has 0 saturated heterocycles. The van der Waals surface area contributed by atoms with Crippen molar-refractivity contribution < 1.29 is 9.00 Å². The van der Waals surface area contributed by atoms with Crippen LogP contribution in [0.5, 0.6) is 0 Å². The monoisotopic (exact) mass is 385 g/mol. The van der Waals surface area contributed by atoms with Crippen molar-refractivity contribution in [1.82, 2.24) is 9.78 Å². The molecule has 0 spiro atoms. The van der Waals surface area contributed by atoms with E-state index in [0.29, 0.717) is 29.7 Å². The summed E-state index contributed by atoms with van der Waals surface area (Å²) in [6.07, 6.45) is 6.60. The first-order valence-corrected chi connectivity index (χ1v) is 11.3. The summed E-state index contributed by atoms with van der Waals surface area (Å²) < 4.78 is 13.9. The van der Waals surface area contributed by atoms with Gasteiger partial charge in [-0.2, -0.15) is 5.10 Å². The van der Waals surface area contributed by atoms with Gasteiger partial charge in [0.15, 0.2) is 0 Å². The minimum atomic E-state index is -0.920. The molecule has 0 bridgehead atoms. The van der Waals surface area contributed by atoms with Crippen LogP contribution in [0.4, 0.5) is 5.82 Å². The molecule has 2 aliphatic rings. The number of carbonyl (C=O) groups is 1. The zero-order chi connectivity index (χ0) is 19.0. The number of benzene rings is 1. The molecule has 1 amide bonds. The molecule has 6 heteroatoms. The number of anilines is 1. The average molecular weight is 386 g/mol. The van der Waals surface area contributed by atoms with Gasteiger partial charge in [-0.05, 0) is 44.2 Å². The van der Waals surface area contributed by atoms with Gasteiger partial charge in [0.05, 0.1) is 22.9 Å². The normalized spacial score (nSPS) is 19.9. The van der Waals surface area contributed by atoms with Crippen molar-refractivity contribution in [2.24, 2.45) is 5.92 Å². The molecule has 1 saturated carbocycles. The second-order valence-electron chi connectivity index (χ2n) is 7.96. The molecule has 5 nitrogen and oxygen atoms in total. The van der Waals surface area contributed by atoms with Gasteiger partial charge < -0.3 is 5.32 Å². The lowest BCUT2D eigenvalue weighted by atomic mass is 9.87. The van der Waals surface area contributed by atoms with Gasteiger partial charge >= 0.3 is 0 Å². The number of hydrogen-bond acceptors (Lipinski definition) is 3. The topological polar surface area (TPSA) is 64.0 Å². The SMILES string of the molecule is Cc1ccc(-n2nc3c(c2NC(=O)CC2CCCCC2)C[S@@](=O)C3)c(C)c1. The highest BCUT2D eigenvalue weighted by molar-refractivity contribution is 7.83. The molecule has 27 heavy (non-hydrogen) atoms. The predicted octanol–water partition coefficient (Wildman–Crippen LogP) is 4.16. The van der Waals surface area contributed by atoms with Gasteiger partial charge in [0.2, 0.25) is 5.91 Å². The largest absolute Gasteiger partial charge is 0.310 e. The van der Waals surface area contributed by atoms with E-state index >= 15 is 0 Å². The minimum Gasteiger partial charge on any atom is -0.310 e. The number of nitrogens with one attached hydrogen (secondary N) is 1. The lowest BCUT2D eigenvalue weighted by molar-refractivity contribution is -0.117. The maximum Gasteiger partial charge on any atom is 0.225 e. The van der Waals surface area contributed by atoms with E-state index in [1.807, 2.05) is 10.7 Å². The molecule has 2 heterocycles. The summed E-state index contributed by atoms with van der Waals surface area (Å²) in [5.74, 6) is 2.19. The lowest BCUT2D eigenvalue weighted by Crippen LogP contribution is -2.21. The van der Waals surface area contributed by atoms with Crippen molar-refractivity contribution in [3.05, 3.63) is 40.6 Å². The zero-order valence-electron chi connectivity index (χ0n) is 16.1. The van der Waals surface area contributed by atoms with Crippen LogP contribution in [0.25, 0.3) is 5.69 Å². The van der Waals surface area contributed by atoms with Crippen LogP contribution in [0.15, 0.2) is 18.2 Å². The summed E-state index contributed by atoms with van der Waals surface area (Å²) in [5.41, 5.74) is 5.06. The van der Waals surface area contributed by atoms with Gasteiger partial charge in [0.1, 0.15) is 5.82 Å². The number of aromatic nitrogens is 2. The summed E-state index contributed by atoms with van der Waals surface area (Å²) in [6, 6.07) is 6.22. The van der Waals surface area contributed by atoms with Gasteiger partial charge in [0, 0.05) is 22.8 Å². The molecule has 1 N–H and O–H groups in total. The molecule has 1 aliphatic carbocycles. The molecule has 1 atom stereocenters. The van der Waals surface area contributed by atoms with E-state index in [1.54, 1.807) is 0 Å². The highest BCUT2D eigenvalue weighted by atomic mass is 32.2. The van der Waals surface area contributed by atoms with Crippen molar-refractivity contribution in [2.45, 2.75) is 63.9 Å². The number of fused-ring (bicyclic) bond motifs is 1. The molecule has 1 fully saturated rings. The Labute approximate surface area is 163 Å². The summed E-state index contributed by atoms with van der Waals surface area (Å²) >= 11 is 0. The third-order valence-electron chi connectivity index (χ3n) is 5.71. The molecule has 4 rings (SSSR count). The van der Waals surface area contributed by atoms with Gasteiger partial charge in [-0.1, -0.05) is 37.0 Å². The average Bonchev–Trinajstić information content (AvgIpc) is 3.13. The summed E-state index contributed by atoms with van der Waals surface area (Å²) in [6.45, 7) is 4.12. The van der Waals surface area contributed by atoms with Gasteiger partial charge in [-0.3, -0.25) is 9.00 Å². The van der Waals surface area contributed by atoms with E-state index < -0.39 is 10.8 Å². The number of hydrogen-bond donors (Lipinski definition) is 1. The standard InChI is InChI=1S/C21H27N3O2S/c1-14-8-9-19(15(2)10-14)24-21(17-12-27(26)13-18(17)23-24)22-20(25)11-16-6-4-3-5-7-16/h8-10,16H,3-7,11-13H2,1-2H3,(H,22,25)/t27-/m1/s1. The molecule has 0 radical (unpaired) electrons. The first kappa shape index (κ1) is 18.4. The van der Waals surface area contributed by atoms with Crippen molar-refractivity contribution in [2.75, 3.05) is 5.32 Å². The Hall–Kier alpha value is -1.95. The van der Waals surface area contributed by atoms with E-state index in [2.05, 4.69) is 31.3 Å². The van der Waals surface area contributed by atoms with E-state index in [0.717, 1.165) is 35.3 Å². The fraction of sp³-hybridized carbons (Fsp3) is 0.524. The Morgan fingerprint density at radius 2 is 2.00 bits per heavy atom. The van der Waals surface area contributed by atoms with Crippen molar-refractivity contribution in [3.63, 3.8) is 0 Å². The zero-order valence-corrected chi connectivity index (χ0v) is 16.9. The van der Waals surface area contributed by atoms with Gasteiger partial charge in [-0.25, -0.2) is 4.68 Å². The fourth-order valence-corrected chi connectivity index (χ4v) is 5.57. The first-order chi connectivity index (χ1) is 13.0. The third-order valence-corrected chi connectivity index (χ3v) is 6.91. The van der Waals surface area contributed by atoms with E-state index in [1.165, 1.54) is 24.8 Å². The van der Waals surface area contributed by atoms with Gasteiger partial charge in [-0.15, -0.1) is 0 Å². The van der Waals surface area contributed by atoms with E-state index in [4.69, 9.17) is 5.10 Å². The molecular formula is C21H27N3O2S. The Kier molecular flexibility index (Phi) is 5.17. The lowest BCUT2D eigenvalue weighted by Gasteiger charge is -2.21. The van der Waals surface area contributed by atoms with Crippen LogP contribution in [0.1, 0.15) is 60.9 Å². The van der Waals surface area contributed by atoms with Crippen LogP contribution in [0.2, 0.25) is 0 Å². The molecular weight excluding hydrogens is 358 g/mol. The minimum absolute atomic E-state index is 0.0493. The van der Waals surface area contributed by atoms with Crippen molar-refractivity contribution in [1.29, 1.82) is 0 Å². The highest BCUT2D eigenvalue weighted by Crippen LogP contribution is 2.33. The number of amides is 1. The number of nitrogens with zero attached hydrogens (tertiary/aromatic N) is 2.